The van der Waals surface area contributed by atoms with Crippen LogP contribution in [0, 0.1) is 5.92 Å². The highest BCUT2D eigenvalue weighted by atomic mass is 16.1. The molecule has 0 unspecified atom stereocenters. The minimum atomic E-state index is 0.378. The molecule has 0 radical (unpaired) electrons. The Morgan fingerprint density at radius 1 is 1.05 bits per heavy atom. The minimum absolute atomic E-state index is 0.378. The normalized spacial score (nSPS) is 20.4. The lowest BCUT2D eigenvalue weighted by atomic mass is 9.99. The zero-order valence-corrected chi connectivity index (χ0v) is 11.6. The Hall–Kier alpha value is -1.15. The number of carbonyl (C=O) groups excluding carboxylic acids is 1. The molecule has 2 fully saturated rings. The first-order chi connectivity index (χ1) is 9.33. The summed E-state index contributed by atoms with van der Waals surface area (Å²) < 4.78 is 0. The molecule has 0 bridgehead atoms. The molecule has 0 aromatic heterocycles. The summed E-state index contributed by atoms with van der Waals surface area (Å²) in [6.45, 7) is 3.45. The number of nitrogens with zero attached hydrogens (tertiary/aromatic N) is 1. The van der Waals surface area contributed by atoms with Crippen LogP contribution in [0.1, 0.15) is 43.2 Å². The van der Waals surface area contributed by atoms with Crippen molar-refractivity contribution in [1.82, 2.24) is 4.90 Å². The maximum atomic E-state index is 12.0. The number of likely N-dealkylation sites (tertiary alicyclic amines) is 1. The highest BCUT2D eigenvalue weighted by Gasteiger charge is 2.29. The SMILES string of the molecule is O=C(Cc1ccccc1CN1CCCCC1)C1CC1. The molecule has 102 valence electrons. The Kier molecular flexibility index (Phi) is 3.97. The fourth-order valence-electron chi connectivity index (χ4n) is 2.98. The van der Waals surface area contributed by atoms with E-state index in [4.69, 9.17) is 0 Å². The van der Waals surface area contributed by atoms with Crippen molar-refractivity contribution in [2.45, 2.75) is 45.1 Å². The number of benzene rings is 1. The van der Waals surface area contributed by atoms with E-state index in [1.54, 1.807) is 0 Å². The van der Waals surface area contributed by atoms with Crippen molar-refractivity contribution in [3.8, 4) is 0 Å². The molecular formula is C17H23NO. The van der Waals surface area contributed by atoms with Crippen LogP contribution in [0.5, 0.6) is 0 Å². The van der Waals surface area contributed by atoms with Crippen molar-refractivity contribution in [3.05, 3.63) is 35.4 Å². The van der Waals surface area contributed by atoms with Gasteiger partial charge in [-0.25, -0.2) is 0 Å². The highest BCUT2D eigenvalue weighted by Crippen LogP contribution is 2.31. The third kappa shape index (κ3) is 3.44. The molecule has 0 spiro atoms. The van der Waals surface area contributed by atoms with Gasteiger partial charge in [0.15, 0.2) is 0 Å². The first kappa shape index (κ1) is 12.9. The van der Waals surface area contributed by atoms with Crippen LogP contribution in [0.4, 0.5) is 0 Å². The number of hydrogen-bond acceptors (Lipinski definition) is 2. The van der Waals surface area contributed by atoms with Gasteiger partial charge in [0.1, 0.15) is 5.78 Å². The summed E-state index contributed by atoms with van der Waals surface area (Å²) in [5.41, 5.74) is 2.61. The third-order valence-electron chi connectivity index (χ3n) is 4.36. The van der Waals surface area contributed by atoms with E-state index in [1.807, 2.05) is 0 Å². The van der Waals surface area contributed by atoms with Crippen LogP contribution in [0.25, 0.3) is 0 Å². The molecular weight excluding hydrogens is 234 g/mol. The van der Waals surface area contributed by atoms with Gasteiger partial charge < -0.3 is 0 Å². The Morgan fingerprint density at radius 3 is 2.42 bits per heavy atom. The van der Waals surface area contributed by atoms with Gasteiger partial charge in [-0.15, -0.1) is 0 Å². The third-order valence-corrected chi connectivity index (χ3v) is 4.36. The van der Waals surface area contributed by atoms with E-state index >= 15 is 0 Å². The molecule has 19 heavy (non-hydrogen) atoms. The summed E-state index contributed by atoms with van der Waals surface area (Å²) in [7, 11) is 0. The van der Waals surface area contributed by atoms with E-state index in [0.29, 0.717) is 18.1 Å². The van der Waals surface area contributed by atoms with Gasteiger partial charge in [-0.2, -0.15) is 0 Å². The van der Waals surface area contributed by atoms with Crippen LogP contribution < -0.4 is 0 Å². The van der Waals surface area contributed by atoms with E-state index in [-0.39, 0.29) is 0 Å². The second kappa shape index (κ2) is 5.87. The van der Waals surface area contributed by atoms with Crippen LogP contribution in [0.15, 0.2) is 24.3 Å². The monoisotopic (exact) mass is 257 g/mol. The lowest BCUT2D eigenvalue weighted by Gasteiger charge is -2.27. The van der Waals surface area contributed by atoms with E-state index in [2.05, 4.69) is 29.2 Å². The van der Waals surface area contributed by atoms with Gasteiger partial charge in [0, 0.05) is 18.9 Å². The quantitative estimate of drug-likeness (QED) is 0.807. The van der Waals surface area contributed by atoms with E-state index in [1.165, 1.54) is 43.5 Å². The van der Waals surface area contributed by atoms with Crippen molar-refractivity contribution in [2.75, 3.05) is 13.1 Å². The van der Waals surface area contributed by atoms with E-state index < -0.39 is 0 Å². The number of piperidine rings is 1. The van der Waals surface area contributed by atoms with Gasteiger partial charge in [0.25, 0.3) is 0 Å². The molecule has 0 atom stereocenters. The van der Waals surface area contributed by atoms with Gasteiger partial charge in [-0.1, -0.05) is 30.7 Å². The van der Waals surface area contributed by atoms with Crippen molar-refractivity contribution >= 4 is 5.78 Å². The number of ketones is 1. The number of carbonyl (C=O) groups is 1. The van der Waals surface area contributed by atoms with Gasteiger partial charge >= 0.3 is 0 Å². The van der Waals surface area contributed by atoms with Crippen molar-refractivity contribution in [3.63, 3.8) is 0 Å². The molecule has 0 N–H and O–H groups in total. The topological polar surface area (TPSA) is 20.3 Å². The summed E-state index contributed by atoms with van der Waals surface area (Å²) in [5, 5.41) is 0. The van der Waals surface area contributed by atoms with Gasteiger partial charge in [-0.05, 0) is 49.9 Å². The number of Topliss-reactive ketones (excluding diaryl/α,β-unsaturated/α-hetero) is 1. The average Bonchev–Trinajstić information content (AvgIpc) is 3.26. The predicted molar refractivity (Wildman–Crippen MR) is 77.0 cm³/mol. The molecule has 0 amide bonds. The molecule has 1 saturated heterocycles. The molecule has 1 heterocycles. The molecule has 3 rings (SSSR count). The molecule has 1 aromatic rings. The van der Waals surface area contributed by atoms with Crippen LogP contribution in [-0.4, -0.2) is 23.8 Å². The summed E-state index contributed by atoms with van der Waals surface area (Å²) >= 11 is 0. The molecule has 2 nitrogen and oxygen atoms in total. The van der Waals surface area contributed by atoms with Crippen molar-refractivity contribution in [2.24, 2.45) is 5.92 Å². The lowest BCUT2D eigenvalue weighted by Crippen LogP contribution is -2.29. The second-order valence-electron chi connectivity index (χ2n) is 6.02. The largest absolute Gasteiger partial charge is 0.299 e. The maximum Gasteiger partial charge on any atom is 0.140 e. The van der Waals surface area contributed by atoms with E-state index in [0.717, 1.165) is 19.4 Å². The summed E-state index contributed by atoms with van der Waals surface area (Å²) in [6.07, 6.45) is 6.90. The summed E-state index contributed by atoms with van der Waals surface area (Å²) in [5.74, 6) is 0.828. The standard InChI is InChI=1S/C17H23NO/c19-17(14-8-9-14)12-15-6-2-3-7-16(15)13-18-10-4-1-5-11-18/h2-3,6-7,14H,1,4-5,8-13H2. The molecule has 2 heteroatoms. The highest BCUT2D eigenvalue weighted by molar-refractivity contribution is 5.85. The Balaban J connectivity index is 1.67. The first-order valence-corrected chi connectivity index (χ1v) is 7.65. The van der Waals surface area contributed by atoms with Crippen molar-refractivity contribution < 1.29 is 4.79 Å². The van der Waals surface area contributed by atoms with E-state index in [9.17, 15) is 4.79 Å². The minimum Gasteiger partial charge on any atom is -0.299 e. The molecule has 2 aliphatic rings. The second-order valence-corrected chi connectivity index (χ2v) is 6.02. The first-order valence-electron chi connectivity index (χ1n) is 7.65. The molecule has 1 aliphatic carbocycles. The number of rotatable bonds is 5. The fraction of sp³-hybridized carbons (Fsp3) is 0.588. The van der Waals surface area contributed by atoms with Gasteiger partial charge in [-0.3, -0.25) is 9.69 Å². The molecule has 1 aromatic carbocycles. The van der Waals surface area contributed by atoms with Crippen LogP contribution >= 0.6 is 0 Å². The predicted octanol–water partition coefficient (Wildman–Crippen LogP) is 3.19. The summed E-state index contributed by atoms with van der Waals surface area (Å²) in [4.78, 5) is 14.5. The van der Waals surface area contributed by atoms with Gasteiger partial charge in [0.2, 0.25) is 0 Å². The Bertz CT molecular complexity index is 444. The Labute approximate surface area is 115 Å². The average molecular weight is 257 g/mol. The fourth-order valence-corrected chi connectivity index (χ4v) is 2.98. The smallest absolute Gasteiger partial charge is 0.140 e. The Morgan fingerprint density at radius 2 is 1.74 bits per heavy atom. The van der Waals surface area contributed by atoms with Crippen LogP contribution in [0.2, 0.25) is 0 Å². The molecule has 1 aliphatic heterocycles. The van der Waals surface area contributed by atoms with Crippen LogP contribution in [-0.2, 0) is 17.8 Å². The summed E-state index contributed by atoms with van der Waals surface area (Å²) in [6, 6.07) is 8.50. The van der Waals surface area contributed by atoms with Gasteiger partial charge in [0.05, 0.1) is 0 Å². The maximum absolute atomic E-state index is 12.0. The number of hydrogen-bond donors (Lipinski definition) is 0. The van der Waals surface area contributed by atoms with Crippen molar-refractivity contribution in [1.29, 1.82) is 0 Å². The zero-order chi connectivity index (χ0) is 13.1. The zero-order valence-electron chi connectivity index (χ0n) is 11.6. The molecule has 1 saturated carbocycles. The lowest BCUT2D eigenvalue weighted by molar-refractivity contribution is -0.119. The van der Waals surface area contributed by atoms with Crippen LogP contribution in [0.3, 0.4) is 0 Å².